The van der Waals surface area contributed by atoms with Crippen LogP contribution in [0.3, 0.4) is 0 Å². The summed E-state index contributed by atoms with van der Waals surface area (Å²) in [7, 11) is 1.63. The molecule has 2 atom stereocenters. The number of piperidine rings is 1. The maximum Gasteiger partial charge on any atom is 0.410 e. The van der Waals surface area contributed by atoms with Gasteiger partial charge in [0.05, 0.1) is 11.7 Å². The molecule has 4 amide bonds. The Balaban J connectivity index is 1.94. The van der Waals surface area contributed by atoms with Crippen LogP contribution in [-0.2, 0) is 19.0 Å². The van der Waals surface area contributed by atoms with Crippen LogP contribution in [0.2, 0.25) is 0 Å². The number of carbonyl (C=O) groups excluding carboxylic acids is 4. The van der Waals surface area contributed by atoms with Crippen LogP contribution in [0.4, 0.5) is 15.3 Å². The van der Waals surface area contributed by atoms with Crippen molar-refractivity contribution in [3.63, 3.8) is 0 Å². The fourth-order valence-corrected chi connectivity index (χ4v) is 5.74. The minimum Gasteiger partial charge on any atom is -0.472 e. The number of hydrogen-bond acceptors (Lipinski definition) is 8. The van der Waals surface area contributed by atoms with E-state index in [-0.39, 0.29) is 36.6 Å². The van der Waals surface area contributed by atoms with Crippen LogP contribution >= 0.6 is 0 Å². The number of likely N-dealkylation sites (tertiary alicyclic amines) is 1. The highest BCUT2D eigenvalue weighted by Gasteiger charge is 2.46. The van der Waals surface area contributed by atoms with Crippen LogP contribution in [0.25, 0.3) is 0 Å². The number of unbranched alkanes of at least 4 members (excludes halogenated alkanes) is 1. The van der Waals surface area contributed by atoms with Gasteiger partial charge in [0, 0.05) is 51.5 Å². The maximum atomic E-state index is 14.3. The molecule has 0 radical (unpaired) electrons. The summed E-state index contributed by atoms with van der Waals surface area (Å²) >= 11 is 0. The fourth-order valence-electron chi connectivity index (χ4n) is 5.74. The molecule has 12 heteroatoms. The second-order valence-electron chi connectivity index (χ2n) is 13.3. The van der Waals surface area contributed by atoms with Crippen molar-refractivity contribution < 1.29 is 38.1 Å². The van der Waals surface area contributed by atoms with Crippen molar-refractivity contribution in [1.82, 2.24) is 15.1 Å². The smallest absolute Gasteiger partial charge is 0.410 e. The molecule has 12 nitrogen and oxygen atoms in total. The zero-order valence-electron chi connectivity index (χ0n) is 28.5. The van der Waals surface area contributed by atoms with Gasteiger partial charge in [0.15, 0.2) is 0 Å². The van der Waals surface area contributed by atoms with Crippen LogP contribution in [0.5, 0.6) is 5.75 Å². The molecule has 1 unspecified atom stereocenters. The molecule has 1 fully saturated rings. The van der Waals surface area contributed by atoms with Gasteiger partial charge in [-0.2, -0.15) is 0 Å². The molecule has 0 bridgehead atoms. The van der Waals surface area contributed by atoms with Gasteiger partial charge in [0.25, 0.3) is 11.8 Å². The predicted molar refractivity (Wildman–Crippen MR) is 171 cm³/mol. The third-order valence-corrected chi connectivity index (χ3v) is 7.87. The third kappa shape index (κ3) is 9.02. The number of carbonyl (C=O) groups is 4. The topological polar surface area (TPSA) is 127 Å². The molecule has 2 aliphatic rings. The number of amides is 4. The first-order valence-corrected chi connectivity index (χ1v) is 16.0. The number of aryl methyl sites for hydroxylation is 1. The summed E-state index contributed by atoms with van der Waals surface area (Å²) in [5, 5.41) is 2.56. The number of alkyl carbamates (subject to hydrolysis) is 1. The fraction of sp³-hybridized carbons (Fsp3) is 0.697. The zero-order chi connectivity index (χ0) is 33.5. The van der Waals surface area contributed by atoms with Crippen LogP contribution in [-0.4, -0.2) is 104 Å². The molecule has 252 valence electrons. The molecule has 1 aromatic rings. The largest absolute Gasteiger partial charge is 0.472 e. The summed E-state index contributed by atoms with van der Waals surface area (Å²) in [6.07, 6.45) is 1.88. The Bertz CT molecular complexity index is 1230. The lowest BCUT2D eigenvalue weighted by Gasteiger charge is -2.42. The molecular formula is C33H52N4O8. The minimum atomic E-state index is -1.45. The second-order valence-corrected chi connectivity index (χ2v) is 13.3. The summed E-state index contributed by atoms with van der Waals surface area (Å²) in [5.74, 6) is -0.108. The zero-order valence-corrected chi connectivity index (χ0v) is 28.5. The molecule has 0 aliphatic carbocycles. The number of nitrogens with zero attached hydrogens (tertiary/aromatic N) is 3. The van der Waals surface area contributed by atoms with Gasteiger partial charge in [-0.1, -0.05) is 0 Å². The van der Waals surface area contributed by atoms with Gasteiger partial charge in [-0.25, -0.2) is 9.59 Å². The third-order valence-electron chi connectivity index (χ3n) is 7.87. The molecule has 45 heavy (non-hydrogen) atoms. The summed E-state index contributed by atoms with van der Waals surface area (Å²) < 4.78 is 22.4. The number of ether oxygens (including phenoxy) is 4. The van der Waals surface area contributed by atoms with E-state index in [2.05, 4.69) is 5.32 Å². The molecule has 1 N–H and O–H groups in total. The van der Waals surface area contributed by atoms with Crippen molar-refractivity contribution >= 4 is 29.7 Å². The molecular weight excluding hydrogens is 580 g/mol. The van der Waals surface area contributed by atoms with E-state index < -0.39 is 17.3 Å². The van der Waals surface area contributed by atoms with E-state index in [0.717, 1.165) is 19.3 Å². The van der Waals surface area contributed by atoms with E-state index in [0.29, 0.717) is 61.8 Å². The average molecular weight is 633 g/mol. The molecule has 2 heterocycles. The summed E-state index contributed by atoms with van der Waals surface area (Å²) in [5.41, 5.74) is -0.433. The second kappa shape index (κ2) is 15.2. The van der Waals surface area contributed by atoms with Gasteiger partial charge in [-0.3, -0.25) is 9.59 Å². The Labute approximate surface area is 267 Å². The quantitative estimate of drug-likeness (QED) is 0.342. The van der Waals surface area contributed by atoms with Crippen molar-refractivity contribution in [3.8, 4) is 5.75 Å². The standard InChI is InChI=1S/C33H52N4O8/c1-10-34-30(40)43-21-33(8)29(39)36(16-11-12-17-42-9)26-19-25(23(4)18-27(26)44-33)28(38)37(22(2)3)24-14-13-15-35(20-24)31(41)45-32(5,6)7/h18-19,22,24H,10-17,20-21H2,1-9H3,(H,34,40)/t24-,33?/m1/s1. The van der Waals surface area contributed by atoms with Crippen LogP contribution in [0.15, 0.2) is 12.1 Å². The predicted octanol–water partition coefficient (Wildman–Crippen LogP) is 4.90. The Kier molecular flexibility index (Phi) is 12.1. The molecule has 0 spiro atoms. The number of methoxy groups -OCH3 is 1. The van der Waals surface area contributed by atoms with Crippen molar-refractivity contribution in [2.24, 2.45) is 0 Å². The van der Waals surface area contributed by atoms with Crippen LogP contribution in [0, 0.1) is 6.92 Å². The van der Waals surface area contributed by atoms with Gasteiger partial charge >= 0.3 is 12.2 Å². The van der Waals surface area contributed by atoms with Crippen molar-refractivity contribution in [2.75, 3.05) is 51.4 Å². The first-order valence-electron chi connectivity index (χ1n) is 16.0. The highest BCUT2D eigenvalue weighted by molar-refractivity contribution is 6.05. The number of fused-ring (bicyclic) bond motifs is 1. The van der Waals surface area contributed by atoms with Gasteiger partial charge in [-0.15, -0.1) is 0 Å². The monoisotopic (exact) mass is 632 g/mol. The number of anilines is 1. The van der Waals surface area contributed by atoms with E-state index in [1.54, 1.807) is 42.9 Å². The Morgan fingerprint density at radius 3 is 2.53 bits per heavy atom. The van der Waals surface area contributed by atoms with Crippen LogP contribution in [0.1, 0.15) is 90.1 Å². The first kappa shape index (κ1) is 35.9. The van der Waals surface area contributed by atoms with Gasteiger partial charge in [-0.05, 0) is 98.8 Å². The molecule has 0 aromatic heterocycles. The summed E-state index contributed by atoms with van der Waals surface area (Å²) in [6.45, 7) is 16.6. The van der Waals surface area contributed by atoms with E-state index in [1.165, 1.54) is 0 Å². The van der Waals surface area contributed by atoms with E-state index in [4.69, 9.17) is 18.9 Å². The van der Waals surface area contributed by atoms with Crippen molar-refractivity contribution in [2.45, 2.75) is 104 Å². The van der Waals surface area contributed by atoms with Gasteiger partial charge in [0.1, 0.15) is 18.0 Å². The summed E-state index contributed by atoms with van der Waals surface area (Å²) in [6, 6.07) is 3.16. The molecule has 0 saturated carbocycles. The highest BCUT2D eigenvalue weighted by Crippen LogP contribution is 2.41. The number of benzene rings is 1. The molecule has 1 aromatic carbocycles. The molecule has 2 aliphatic heterocycles. The number of hydrogen-bond donors (Lipinski definition) is 1. The van der Waals surface area contributed by atoms with E-state index in [9.17, 15) is 19.2 Å². The average Bonchev–Trinajstić information content (AvgIpc) is 2.95. The van der Waals surface area contributed by atoms with Crippen molar-refractivity contribution in [3.05, 3.63) is 23.3 Å². The number of rotatable bonds is 11. The SMILES string of the molecule is CCNC(=O)OCC1(C)Oc2cc(C)c(C(=O)N(C(C)C)[C@@H]3CCCN(C(=O)OC(C)(C)C)C3)cc2N(CCCCOC)C1=O. The lowest BCUT2D eigenvalue weighted by atomic mass is 9.96. The van der Waals surface area contributed by atoms with Crippen molar-refractivity contribution in [1.29, 1.82) is 0 Å². The lowest BCUT2D eigenvalue weighted by Crippen LogP contribution is -2.58. The normalized spacial score (nSPS) is 20.0. The summed E-state index contributed by atoms with van der Waals surface area (Å²) in [4.78, 5) is 58.3. The van der Waals surface area contributed by atoms with Gasteiger partial charge < -0.3 is 39.0 Å². The minimum absolute atomic E-state index is 0.144. The molecule has 3 rings (SSSR count). The highest BCUT2D eigenvalue weighted by atomic mass is 16.6. The Hall–Kier alpha value is -3.54. The number of nitrogens with one attached hydrogen (secondary N) is 1. The van der Waals surface area contributed by atoms with E-state index >= 15 is 0 Å². The van der Waals surface area contributed by atoms with Gasteiger partial charge in [0.2, 0.25) is 5.60 Å². The molecule has 1 saturated heterocycles. The Morgan fingerprint density at radius 2 is 1.91 bits per heavy atom. The first-order chi connectivity index (χ1) is 21.1. The lowest BCUT2D eigenvalue weighted by molar-refractivity contribution is -0.137. The Morgan fingerprint density at radius 1 is 1.20 bits per heavy atom. The van der Waals surface area contributed by atoms with Crippen LogP contribution < -0.4 is 15.0 Å². The van der Waals surface area contributed by atoms with E-state index in [1.807, 2.05) is 46.4 Å². The maximum absolute atomic E-state index is 14.3.